The summed E-state index contributed by atoms with van der Waals surface area (Å²) in [5, 5.41) is 6.16. The summed E-state index contributed by atoms with van der Waals surface area (Å²) in [6.45, 7) is 1.12. The third-order valence-corrected chi connectivity index (χ3v) is 3.34. The van der Waals surface area contributed by atoms with Gasteiger partial charge in [0.1, 0.15) is 9.98 Å². The van der Waals surface area contributed by atoms with E-state index in [9.17, 15) is 0 Å². The van der Waals surface area contributed by atoms with Crippen LogP contribution in [0.2, 0.25) is 0 Å². The molecule has 0 aliphatic carbocycles. The van der Waals surface area contributed by atoms with Crippen LogP contribution in [0.25, 0.3) is 0 Å². The van der Waals surface area contributed by atoms with Crippen molar-refractivity contribution in [3.63, 3.8) is 0 Å². The van der Waals surface area contributed by atoms with Crippen LogP contribution in [0.3, 0.4) is 0 Å². The Morgan fingerprint density at radius 1 is 0.800 bits per heavy atom. The van der Waals surface area contributed by atoms with E-state index in [-0.39, 0.29) is 0 Å². The number of nitrogens with zero attached hydrogens (tertiary/aromatic N) is 2. The Bertz CT molecular complexity index is 519. The van der Waals surface area contributed by atoms with Crippen molar-refractivity contribution in [3.8, 4) is 0 Å². The fourth-order valence-electron chi connectivity index (χ4n) is 1.51. The van der Waals surface area contributed by atoms with Crippen LogP contribution in [0.15, 0.2) is 48.8 Å². The second kappa shape index (κ2) is 7.62. The summed E-state index contributed by atoms with van der Waals surface area (Å²) in [5.74, 6) is 0. The minimum Gasteiger partial charge on any atom is -0.368 e. The quantitative estimate of drug-likeness (QED) is 0.843. The largest absolute Gasteiger partial charge is 0.368 e. The van der Waals surface area contributed by atoms with Crippen molar-refractivity contribution in [1.29, 1.82) is 0 Å². The van der Waals surface area contributed by atoms with Crippen LogP contribution in [-0.2, 0) is 13.1 Å². The molecule has 0 fully saturated rings. The average Bonchev–Trinajstić information content (AvgIpc) is 2.52. The number of nitrogens with one attached hydrogen (secondary N) is 2. The summed E-state index contributed by atoms with van der Waals surface area (Å²) in [5.41, 5.74) is 1.84. The standard InChI is InChI=1S/C14H14N4S2/c19-13(17-9-11-5-1-3-7-15-11)14(20)18-10-12-6-2-4-8-16-12/h1-8H,9-10H2,(H,17,19)(H,18,20). The van der Waals surface area contributed by atoms with Crippen molar-refractivity contribution >= 4 is 34.4 Å². The Kier molecular flexibility index (Phi) is 5.52. The Morgan fingerprint density at radius 2 is 1.25 bits per heavy atom. The van der Waals surface area contributed by atoms with E-state index in [0.717, 1.165) is 11.4 Å². The van der Waals surface area contributed by atoms with Crippen LogP contribution in [0.4, 0.5) is 0 Å². The minimum atomic E-state index is 0.515. The van der Waals surface area contributed by atoms with Crippen molar-refractivity contribution in [2.24, 2.45) is 0 Å². The van der Waals surface area contributed by atoms with Crippen molar-refractivity contribution < 1.29 is 0 Å². The van der Waals surface area contributed by atoms with E-state index in [4.69, 9.17) is 24.4 Å². The molecule has 0 amide bonds. The molecule has 0 aliphatic heterocycles. The topological polar surface area (TPSA) is 49.8 Å². The summed E-state index contributed by atoms with van der Waals surface area (Å²) in [6, 6.07) is 11.5. The van der Waals surface area contributed by atoms with Crippen LogP contribution in [0.5, 0.6) is 0 Å². The van der Waals surface area contributed by atoms with Crippen LogP contribution in [-0.4, -0.2) is 19.9 Å². The van der Waals surface area contributed by atoms with E-state index in [2.05, 4.69) is 20.6 Å². The van der Waals surface area contributed by atoms with Gasteiger partial charge in [-0.05, 0) is 24.3 Å². The van der Waals surface area contributed by atoms with Gasteiger partial charge in [-0.25, -0.2) is 0 Å². The van der Waals surface area contributed by atoms with Gasteiger partial charge in [-0.3, -0.25) is 9.97 Å². The highest BCUT2D eigenvalue weighted by Crippen LogP contribution is 1.94. The van der Waals surface area contributed by atoms with Crippen molar-refractivity contribution in [1.82, 2.24) is 20.6 Å². The smallest absolute Gasteiger partial charge is 0.134 e. The summed E-state index contributed by atoms with van der Waals surface area (Å²) >= 11 is 10.5. The minimum absolute atomic E-state index is 0.515. The molecule has 0 spiro atoms. The van der Waals surface area contributed by atoms with Gasteiger partial charge in [-0.1, -0.05) is 36.6 Å². The van der Waals surface area contributed by atoms with Gasteiger partial charge >= 0.3 is 0 Å². The lowest BCUT2D eigenvalue weighted by molar-refractivity contribution is 0.868. The number of hydrogen-bond acceptors (Lipinski definition) is 4. The number of thiocarbonyl (C=S) groups is 2. The van der Waals surface area contributed by atoms with Crippen molar-refractivity contribution in [2.75, 3.05) is 0 Å². The first kappa shape index (κ1) is 14.5. The van der Waals surface area contributed by atoms with E-state index in [1.54, 1.807) is 12.4 Å². The molecule has 0 atom stereocenters. The van der Waals surface area contributed by atoms with Crippen LogP contribution < -0.4 is 10.6 Å². The summed E-state index contributed by atoms with van der Waals surface area (Å²) < 4.78 is 0. The SMILES string of the molecule is S=C(NCc1ccccn1)C(=S)NCc1ccccn1. The Morgan fingerprint density at radius 3 is 1.60 bits per heavy atom. The molecule has 0 bridgehead atoms. The van der Waals surface area contributed by atoms with Gasteiger partial charge < -0.3 is 10.6 Å². The van der Waals surface area contributed by atoms with Gasteiger partial charge in [0.05, 0.1) is 24.5 Å². The fourth-order valence-corrected chi connectivity index (χ4v) is 1.80. The Balaban J connectivity index is 1.76. The summed E-state index contributed by atoms with van der Waals surface area (Å²) in [6.07, 6.45) is 3.50. The predicted octanol–water partition coefficient (Wildman–Crippen LogP) is 2.01. The molecule has 2 rings (SSSR count). The van der Waals surface area contributed by atoms with Crippen molar-refractivity contribution in [2.45, 2.75) is 13.1 Å². The molecule has 2 heterocycles. The van der Waals surface area contributed by atoms with E-state index in [1.807, 2.05) is 36.4 Å². The van der Waals surface area contributed by atoms with E-state index in [0.29, 0.717) is 23.1 Å². The van der Waals surface area contributed by atoms with Gasteiger partial charge in [0.25, 0.3) is 0 Å². The number of rotatable bonds is 4. The molecule has 0 aromatic carbocycles. The maximum Gasteiger partial charge on any atom is 0.134 e. The molecule has 0 radical (unpaired) electrons. The molecule has 0 aliphatic rings. The molecule has 2 aromatic rings. The molecule has 0 saturated carbocycles. The highest BCUT2D eigenvalue weighted by atomic mass is 32.1. The molecule has 2 aromatic heterocycles. The first-order chi connectivity index (χ1) is 9.75. The lowest BCUT2D eigenvalue weighted by Gasteiger charge is -2.10. The van der Waals surface area contributed by atoms with E-state index in [1.165, 1.54) is 0 Å². The van der Waals surface area contributed by atoms with Gasteiger partial charge in [0.2, 0.25) is 0 Å². The molecule has 102 valence electrons. The first-order valence-corrected chi connectivity index (χ1v) is 6.93. The zero-order chi connectivity index (χ0) is 14.2. The second-order valence-corrected chi connectivity index (χ2v) is 4.82. The Labute approximate surface area is 128 Å². The van der Waals surface area contributed by atoms with Gasteiger partial charge in [-0.15, -0.1) is 0 Å². The van der Waals surface area contributed by atoms with Gasteiger partial charge in [0, 0.05) is 12.4 Å². The third kappa shape index (κ3) is 4.64. The second-order valence-electron chi connectivity index (χ2n) is 4.01. The number of hydrogen-bond donors (Lipinski definition) is 2. The maximum atomic E-state index is 5.23. The molecule has 0 unspecified atom stereocenters. The maximum absolute atomic E-state index is 5.23. The Hall–Kier alpha value is -1.92. The highest BCUT2D eigenvalue weighted by molar-refractivity contribution is 7.89. The number of aromatic nitrogens is 2. The zero-order valence-corrected chi connectivity index (χ0v) is 12.4. The fraction of sp³-hybridized carbons (Fsp3) is 0.143. The van der Waals surface area contributed by atoms with Crippen molar-refractivity contribution in [3.05, 3.63) is 60.2 Å². The van der Waals surface area contributed by atoms with Gasteiger partial charge in [-0.2, -0.15) is 0 Å². The first-order valence-electron chi connectivity index (χ1n) is 6.11. The summed E-state index contributed by atoms with van der Waals surface area (Å²) in [4.78, 5) is 9.45. The average molecular weight is 302 g/mol. The van der Waals surface area contributed by atoms with Crippen LogP contribution in [0, 0.1) is 0 Å². The normalized spacial score (nSPS) is 9.80. The number of pyridine rings is 2. The molecule has 2 N–H and O–H groups in total. The van der Waals surface area contributed by atoms with Crippen LogP contribution >= 0.6 is 24.4 Å². The lowest BCUT2D eigenvalue weighted by atomic mass is 10.3. The zero-order valence-electron chi connectivity index (χ0n) is 10.7. The van der Waals surface area contributed by atoms with Gasteiger partial charge in [0.15, 0.2) is 0 Å². The molecule has 20 heavy (non-hydrogen) atoms. The predicted molar refractivity (Wildman–Crippen MR) is 87.3 cm³/mol. The highest BCUT2D eigenvalue weighted by Gasteiger charge is 2.04. The molecular formula is C14H14N4S2. The molecule has 6 heteroatoms. The molecule has 0 saturated heterocycles. The molecule has 4 nitrogen and oxygen atoms in total. The summed E-state index contributed by atoms with van der Waals surface area (Å²) in [7, 11) is 0. The van der Waals surface area contributed by atoms with Crippen LogP contribution in [0.1, 0.15) is 11.4 Å². The monoisotopic (exact) mass is 302 g/mol. The van der Waals surface area contributed by atoms with E-state index >= 15 is 0 Å². The lowest BCUT2D eigenvalue weighted by Crippen LogP contribution is -2.36. The molecular weight excluding hydrogens is 288 g/mol. The van der Waals surface area contributed by atoms with E-state index < -0.39 is 0 Å². The third-order valence-electron chi connectivity index (χ3n) is 2.52.